The third-order valence-electron chi connectivity index (χ3n) is 5.54. The normalized spacial score (nSPS) is 19.6. The second kappa shape index (κ2) is 9.27. The molecule has 0 saturated carbocycles. The van der Waals surface area contributed by atoms with Crippen molar-refractivity contribution in [3.05, 3.63) is 58.7 Å². The first-order valence-corrected chi connectivity index (χ1v) is 11.0. The summed E-state index contributed by atoms with van der Waals surface area (Å²) in [6.07, 6.45) is -2.14. The van der Waals surface area contributed by atoms with E-state index in [0.29, 0.717) is 19.4 Å². The number of methoxy groups -OCH3 is 1. The van der Waals surface area contributed by atoms with Gasteiger partial charge in [-0.25, -0.2) is 8.78 Å². The van der Waals surface area contributed by atoms with Crippen LogP contribution in [0.1, 0.15) is 34.3 Å². The molecule has 0 aliphatic carbocycles. The largest absolute Gasteiger partial charge is 0.496 e. The van der Waals surface area contributed by atoms with E-state index in [1.165, 1.54) is 7.11 Å². The quantitative estimate of drug-likeness (QED) is 0.486. The van der Waals surface area contributed by atoms with Crippen molar-refractivity contribution in [2.24, 2.45) is 0 Å². The Morgan fingerprint density at radius 1 is 1.22 bits per heavy atom. The molecular formula is C22H23F5N2O2S. The zero-order valence-electron chi connectivity index (χ0n) is 17.8. The van der Waals surface area contributed by atoms with E-state index in [1.54, 1.807) is 13.3 Å². The molecule has 1 aliphatic heterocycles. The lowest BCUT2D eigenvalue weighted by atomic mass is 9.81. The summed E-state index contributed by atoms with van der Waals surface area (Å²) in [5.74, 6) is -2.30. The summed E-state index contributed by atoms with van der Waals surface area (Å²) >= 11 is 0.961. The average Bonchev–Trinajstić information content (AvgIpc) is 2.73. The average molecular weight is 474 g/mol. The molecule has 2 aromatic rings. The summed E-state index contributed by atoms with van der Waals surface area (Å²) in [6.45, 7) is 0.908. The molecule has 32 heavy (non-hydrogen) atoms. The molecule has 174 valence electrons. The lowest BCUT2D eigenvalue weighted by Crippen LogP contribution is -2.56. The molecule has 1 fully saturated rings. The van der Waals surface area contributed by atoms with Gasteiger partial charge in [0.15, 0.2) is 0 Å². The summed E-state index contributed by atoms with van der Waals surface area (Å²) in [4.78, 5) is 15.3. The lowest BCUT2D eigenvalue weighted by molar-refractivity contribution is -0.137. The predicted molar refractivity (Wildman–Crippen MR) is 112 cm³/mol. The van der Waals surface area contributed by atoms with Gasteiger partial charge >= 0.3 is 6.18 Å². The van der Waals surface area contributed by atoms with Gasteiger partial charge in [0.05, 0.1) is 23.8 Å². The molecule has 2 aromatic carbocycles. The van der Waals surface area contributed by atoms with Gasteiger partial charge < -0.3 is 15.0 Å². The van der Waals surface area contributed by atoms with Crippen molar-refractivity contribution in [1.29, 1.82) is 0 Å². The number of hydrogen-bond acceptors (Lipinski definition) is 4. The number of nitrogens with one attached hydrogen (secondary N) is 1. The minimum atomic E-state index is -4.62. The number of rotatable bonds is 5. The van der Waals surface area contributed by atoms with Crippen LogP contribution >= 0.6 is 11.8 Å². The van der Waals surface area contributed by atoms with Gasteiger partial charge in [-0.15, -0.1) is 11.8 Å². The van der Waals surface area contributed by atoms with E-state index < -0.39 is 34.8 Å². The van der Waals surface area contributed by atoms with Crippen molar-refractivity contribution in [3.8, 4) is 5.75 Å². The van der Waals surface area contributed by atoms with E-state index in [0.717, 1.165) is 42.1 Å². The van der Waals surface area contributed by atoms with Crippen LogP contribution in [0.5, 0.6) is 5.75 Å². The van der Waals surface area contributed by atoms with Crippen molar-refractivity contribution in [2.75, 3.05) is 33.5 Å². The van der Waals surface area contributed by atoms with Crippen LogP contribution in [0.25, 0.3) is 0 Å². The Morgan fingerprint density at radius 3 is 2.53 bits per heavy atom. The molecule has 1 N–H and O–H groups in total. The number of benzene rings is 2. The molecular weight excluding hydrogens is 451 g/mol. The number of carbonyl (C=O) groups is 1. The Balaban J connectivity index is 2.10. The first-order valence-electron chi connectivity index (χ1n) is 9.80. The van der Waals surface area contributed by atoms with Gasteiger partial charge in [-0.1, -0.05) is 0 Å². The fraction of sp³-hybridized carbons (Fsp3) is 0.409. The topological polar surface area (TPSA) is 41.6 Å². The second-order valence-corrected chi connectivity index (χ2v) is 8.60. The Hall–Kier alpha value is -2.33. The van der Waals surface area contributed by atoms with Gasteiger partial charge in [0.2, 0.25) is 0 Å². The lowest BCUT2D eigenvalue weighted by Gasteiger charge is -2.42. The highest BCUT2D eigenvalue weighted by Crippen LogP contribution is 2.39. The third-order valence-corrected chi connectivity index (χ3v) is 6.30. The number of piperidine rings is 1. The minimum Gasteiger partial charge on any atom is -0.496 e. The molecule has 1 atom stereocenters. The second-order valence-electron chi connectivity index (χ2n) is 7.76. The highest BCUT2D eigenvalue weighted by Gasteiger charge is 2.41. The maximum atomic E-state index is 14.8. The molecule has 0 radical (unpaired) electrons. The van der Waals surface area contributed by atoms with Crippen molar-refractivity contribution in [1.82, 2.24) is 10.2 Å². The Kier molecular flexibility index (Phi) is 7.04. The molecule has 3 rings (SSSR count). The molecule has 1 amide bonds. The Bertz CT molecular complexity index is 989. The molecule has 1 heterocycles. The molecule has 0 aromatic heterocycles. The van der Waals surface area contributed by atoms with Crippen LogP contribution in [0.15, 0.2) is 35.2 Å². The number of halogens is 5. The number of alkyl halides is 3. The van der Waals surface area contributed by atoms with E-state index in [2.05, 4.69) is 5.32 Å². The smallest absolute Gasteiger partial charge is 0.416 e. The zero-order valence-corrected chi connectivity index (χ0v) is 18.6. The van der Waals surface area contributed by atoms with Crippen molar-refractivity contribution in [3.63, 3.8) is 0 Å². The fourth-order valence-corrected chi connectivity index (χ4v) is 4.74. The molecule has 10 heteroatoms. The first-order chi connectivity index (χ1) is 15.0. The molecule has 1 aliphatic rings. The third kappa shape index (κ3) is 4.85. The van der Waals surface area contributed by atoms with Gasteiger partial charge in [0.1, 0.15) is 17.4 Å². The minimum absolute atomic E-state index is 0.00557. The highest BCUT2D eigenvalue weighted by atomic mass is 32.2. The molecule has 1 saturated heterocycles. The van der Waals surface area contributed by atoms with E-state index in [1.807, 2.05) is 4.90 Å². The van der Waals surface area contributed by atoms with Crippen LogP contribution < -0.4 is 10.1 Å². The summed E-state index contributed by atoms with van der Waals surface area (Å²) in [7, 11) is 2.97. The van der Waals surface area contributed by atoms with Gasteiger partial charge in [-0.3, -0.25) is 4.79 Å². The molecule has 4 nitrogen and oxygen atoms in total. The summed E-state index contributed by atoms with van der Waals surface area (Å²) in [5, 5.41) is 2.81. The Labute approximate surface area is 187 Å². The van der Waals surface area contributed by atoms with Crippen LogP contribution in [0.3, 0.4) is 0 Å². The van der Waals surface area contributed by atoms with Crippen molar-refractivity contribution >= 4 is 17.7 Å². The van der Waals surface area contributed by atoms with E-state index >= 15 is 0 Å². The molecule has 0 bridgehead atoms. The van der Waals surface area contributed by atoms with E-state index in [4.69, 9.17) is 4.74 Å². The zero-order chi connectivity index (χ0) is 23.7. The predicted octanol–water partition coefficient (Wildman–Crippen LogP) is 5.07. The first kappa shape index (κ1) is 24.3. The van der Waals surface area contributed by atoms with Crippen LogP contribution in [0.4, 0.5) is 22.0 Å². The summed E-state index contributed by atoms with van der Waals surface area (Å²) in [6, 6.07) is 4.68. The number of likely N-dealkylation sites (N-methyl/N-ethyl adjacent to an activating group) is 1. The van der Waals surface area contributed by atoms with Gasteiger partial charge in [-0.05, 0) is 63.0 Å². The number of nitrogens with zero attached hydrogens (tertiary/aromatic N) is 1. The molecule has 0 unspecified atom stereocenters. The van der Waals surface area contributed by atoms with Gasteiger partial charge in [0.25, 0.3) is 5.91 Å². The Morgan fingerprint density at radius 2 is 1.94 bits per heavy atom. The van der Waals surface area contributed by atoms with Crippen LogP contribution in [-0.2, 0) is 11.7 Å². The SMILES string of the molecule is COc1cc(C(F)(F)F)cc(SC)c1C(=O)N[C@@]1(c2cc(F)ccc2F)CCCN(C)C1. The standard InChI is InChI=1S/C22H23F5N2O2S/c1-29-8-4-7-21(12-29,15-11-14(23)5-6-16(15)24)28-20(30)19-17(31-2)9-13(22(25,26)27)10-18(19)32-3/h5-6,9-11H,4,7-8,12H2,1-3H3,(H,28,30)/t21-/m0/s1. The number of carbonyl (C=O) groups excluding carboxylic acids is 1. The molecule has 0 spiro atoms. The number of amides is 1. The van der Waals surface area contributed by atoms with E-state index in [9.17, 15) is 26.7 Å². The number of likely N-dealkylation sites (tertiary alicyclic amines) is 1. The van der Waals surface area contributed by atoms with Gasteiger partial charge in [-0.2, -0.15) is 13.2 Å². The van der Waals surface area contributed by atoms with E-state index in [-0.39, 0.29) is 28.3 Å². The summed E-state index contributed by atoms with van der Waals surface area (Å²) in [5.41, 5.74) is -2.30. The number of ether oxygens (including phenoxy) is 1. The maximum absolute atomic E-state index is 14.8. The highest BCUT2D eigenvalue weighted by molar-refractivity contribution is 7.98. The van der Waals surface area contributed by atoms with Crippen molar-refractivity contribution in [2.45, 2.75) is 29.5 Å². The van der Waals surface area contributed by atoms with Crippen LogP contribution in [-0.4, -0.2) is 44.3 Å². The van der Waals surface area contributed by atoms with Crippen LogP contribution in [0, 0.1) is 11.6 Å². The van der Waals surface area contributed by atoms with Crippen LogP contribution in [0.2, 0.25) is 0 Å². The van der Waals surface area contributed by atoms with Gasteiger partial charge in [0, 0.05) is 17.0 Å². The fourth-order valence-electron chi connectivity index (χ4n) is 4.10. The number of thioether (sulfide) groups is 1. The van der Waals surface area contributed by atoms with Crippen molar-refractivity contribution < 1.29 is 31.5 Å². The summed E-state index contributed by atoms with van der Waals surface area (Å²) < 4.78 is 73.7. The number of hydrogen-bond donors (Lipinski definition) is 1. The monoisotopic (exact) mass is 474 g/mol. The maximum Gasteiger partial charge on any atom is 0.416 e.